The third kappa shape index (κ3) is 1.90. The van der Waals surface area contributed by atoms with E-state index in [1.165, 1.54) is 0 Å². The van der Waals surface area contributed by atoms with Crippen molar-refractivity contribution >= 4 is 11.8 Å². The van der Waals surface area contributed by atoms with Gasteiger partial charge in [0.1, 0.15) is 0 Å². The SMILES string of the molecule is C[C@]12CC[C@H]3[C@@H](CCC4=CC(=O)CC[C@@]43C(=O)F)[C@@H]1CC[C@H]2O. The Morgan fingerprint density at radius 2 is 1.96 bits per heavy atom. The zero-order valence-electron chi connectivity index (χ0n) is 13.7. The van der Waals surface area contributed by atoms with E-state index < -0.39 is 11.5 Å². The Kier molecular flexibility index (Phi) is 3.36. The molecule has 0 amide bonds. The van der Waals surface area contributed by atoms with Gasteiger partial charge in [-0.25, -0.2) is 0 Å². The quantitative estimate of drug-likeness (QED) is 0.754. The van der Waals surface area contributed by atoms with Crippen LogP contribution in [0.2, 0.25) is 0 Å². The van der Waals surface area contributed by atoms with Crippen molar-refractivity contribution in [2.75, 3.05) is 0 Å². The van der Waals surface area contributed by atoms with E-state index >= 15 is 0 Å². The summed E-state index contributed by atoms with van der Waals surface area (Å²) in [6.45, 7) is 2.17. The number of carbonyl (C=O) groups excluding carboxylic acids is 2. The molecule has 0 saturated heterocycles. The van der Waals surface area contributed by atoms with Crippen LogP contribution < -0.4 is 0 Å². The maximum atomic E-state index is 14.3. The van der Waals surface area contributed by atoms with E-state index in [-0.39, 0.29) is 29.6 Å². The lowest BCUT2D eigenvalue weighted by atomic mass is 9.47. The van der Waals surface area contributed by atoms with Gasteiger partial charge in [0.2, 0.25) is 0 Å². The highest BCUT2D eigenvalue weighted by molar-refractivity contribution is 5.95. The monoisotopic (exact) mass is 320 g/mol. The van der Waals surface area contributed by atoms with Crippen LogP contribution in [0.15, 0.2) is 11.6 Å². The number of carbonyl (C=O) groups is 2. The van der Waals surface area contributed by atoms with Crippen LogP contribution in [0.4, 0.5) is 4.39 Å². The molecule has 0 bridgehead atoms. The fourth-order valence-electron chi connectivity index (χ4n) is 6.56. The molecule has 0 aromatic rings. The first-order valence-electron chi connectivity index (χ1n) is 9.01. The molecule has 1 N–H and O–H groups in total. The van der Waals surface area contributed by atoms with Gasteiger partial charge in [-0.1, -0.05) is 12.5 Å². The lowest BCUT2D eigenvalue weighted by Crippen LogP contribution is -2.54. The first-order valence-corrected chi connectivity index (χ1v) is 9.01. The van der Waals surface area contributed by atoms with Crippen molar-refractivity contribution in [1.82, 2.24) is 0 Å². The molecule has 0 aliphatic heterocycles. The van der Waals surface area contributed by atoms with Crippen LogP contribution in [0, 0.1) is 28.6 Å². The van der Waals surface area contributed by atoms with Crippen molar-refractivity contribution in [1.29, 1.82) is 0 Å². The fraction of sp³-hybridized carbons (Fsp3) is 0.789. The van der Waals surface area contributed by atoms with Crippen LogP contribution in [0.1, 0.15) is 58.3 Å². The summed E-state index contributed by atoms with van der Waals surface area (Å²) in [4.78, 5) is 23.9. The summed E-state index contributed by atoms with van der Waals surface area (Å²) in [7, 11) is 0. The molecule has 0 unspecified atom stereocenters. The molecule has 3 nitrogen and oxygen atoms in total. The summed E-state index contributed by atoms with van der Waals surface area (Å²) in [5, 5.41) is 10.4. The second-order valence-electron chi connectivity index (χ2n) is 8.43. The van der Waals surface area contributed by atoms with Gasteiger partial charge in [-0.15, -0.1) is 0 Å². The third-order valence-corrected chi connectivity index (χ3v) is 7.79. The van der Waals surface area contributed by atoms with Gasteiger partial charge in [-0.05, 0) is 74.2 Å². The molecule has 4 heteroatoms. The summed E-state index contributed by atoms with van der Waals surface area (Å²) < 4.78 is 14.3. The van der Waals surface area contributed by atoms with E-state index in [2.05, 4.69) is 6.92 Å². The molecule has 0 radical (unpaired) electrons. The van der Waals surface area contributed by atoms with Crippen LogP contribution >= 0.6 is 0 Å². The van der Waals surface area contributed by atoms with Crippen LogP contribution in [0.3, 0.4) is 0 Å². The third-order valence-electron chi connectivity index (χ3n) is 7.79. The highest BCUT2D eigenvalue weighted by Crippen LogP contribution is 2.65. The normalized spacial score (nSPS) is 49.0. The van der Waals surface area contributed by atoms with E-state index in [1.807, 2.05) is 0 Å². The Labute approximate surface area is 136 Å². The molecule has 126 valence electrons. The van der Waals surface area contributed by atoms with Crippen molar-refractivity contribution in [2.24, 2.45) is 28.6 Å². The molecule has 3 fully saturated rings. The van der Waals surface area contributed by atoms with E-state index in [0.717, 1.165) is 37.7 Å². The second-order valence-corrected chi connectivity index (χ2v) is 8.43. The molecule has 0 aromatic heterocycles. The zero-order chi connectivity index (χ0) is 16.4. The number of aliphatic hydroxyl groups is 1. The van der Waals surface area contributed by atoms with E-state index in [4.69, 9.17) is 0 Å². The number of halogens is 1. The van der Waals surface area contributed by atoms with Gasteiger partial charge in [0.25, 0.3) is 0 Å². The smallest absolute Gasteiger partial charge is 0.311 e. The Bertz CT molecular complexity index is 597. The molecule has 4 aliphatic carbocycles. The summed E-state index contributed by atoms with van der Waals surface area (Å²) in [5.41, 5.74) is -0.358. The standard InChI is InChI=1S/C19H25FO3/c1-18-8-7-15-13(14(18)4-5-16(18)22)3-2-11-10-12(21)6-9-19(11,15)17(20)23/h10,13-16,22H,2-9H2,1H3/t13-,14-,15-,16+,18-,19+/m0/s1. The van der Waals surface area contributed by atoms with Gasteiger partial charge in [0.15, 0.2) is 5.78 Å². The number of hydrogen-bond acceptors (Lipinski definition) is 3. The molecule has 0 heterocycles. The van der Waals surface area contributed by atoms with Gasteiger partial charge < -0.3 is 5.11 Å². The molecular weight excluding hydrogens is 295 g/mol. The van der Waals surface area contributed by atoms with Crippen molar-refractivity contribution in [2.45, 2.75) is 64.4 Å². The summed E-state index contributed by atoms with van der Waals surface area (Å²) >= 11 is 0. The summed E-state index contributed by atoms with van der Waals surface area (Å²) in [5.74, 6) is 0.728. The van der Waals surface area contributed by atoms with Crippen LogP contribution in [0.5, 0.6) is 0 Å². The molecule has 6 atom stereocenters. The summed E-state index contributed by atoms with van der Waals surface area (Å²) in [6, 6.07) is -1.23. The molecule has 4 rings (SSSR count). The minimum atomic E-state index is -1.23. The molecule has 4 aliphatic rings. The number of ketones is 1. The number of hydrogen-bond donors (Lipinski definition) is 1. The fourth-order valence-corrected chi connectivity index (χ4v) is 6.56. The van der Waals surface area contributed by atoms with Crippen LogP contribution in [-0.4, -0.2) is 23.0 Å². The molecular formula is C19H25FO3. The van der Waals surface area contributed by atoms with Crippen molar-refractivity contribution in [3.63, 3.8) is 0 Å². The lowest BCUT2D eigenvalue weighted by molar-refractivity contribution is -0.152. The number of allylic oxidation sites excluding steroid dienone is 1. The van der Waals surface area contributed by atoms with Crippen LogP contribution in [0.25, 0.3) is 0 Å². The average Bonchev–Trinajstić information content (AvgIpc) is 2.82. The van der Waals surface area contributed by atoms with Gasteiger partial charge in [-0.2, -0.15) is 4.39 Å². The highest BCUT2D eigenvalue weighted by atomic mass is 19.1. The van der Waals surface area contributed by atoms with Gasteiger partial charge in [-0.3, -0.25) is 9.59 Å². The minimum absolute atomic E-state index is 0.0106. The maximum Gasteiger partial charge on any atom is 0.311 e. The number of aliphatic hydroxyl groups excluding tert-OH is 1. The topological polar surface area (TPSA) is 54.4 Å². The average molecular weight is 320 g/mol. The van der Waals surface area contributed by atoms with Crippen LogP contribution in [-0.2, 0) is 9.59 Å². The maximum absolute atomic E-state index is 14.3. The van der Waals surface area contributed by atoms with Gasteiger partial charge in [0.05, 0.1) is 11.5 Å². The molecule has 0 spiro atoms. The first-order chi connectivity index (χ1) is 10.9. The first kappa shape index (κ1) is 15.5. The predicted molar refractivity (Wildman–Crippen MR) is 83.2 cm³/mol. The van der Waals surface area contributed by atoms with Gasteiger partial charge in [0, 0.05) is 6.42 Å². The zero-order valence-corrected chi connectivity index (χ0v) is 13.7. The van der Waals surface area contributed by atoms with Crippen molar-refractivity contribution in [3.8, 4) is 0 Å². The Hall–Kier alpha value is -1.03. The molecule has 0 aromatic carbocycles. The van der Waals surface area contributed by atoms with Gasteiger partial charge >= 0.3 is 6.04 Å². The van der Waals surface area contributed by atoms with Crippen molar-refractivity contribution in [3.05, 3.63) is 11.6 Å². The number of fused-ring (bicyclic) bond motifs is 5. The lowest BCUT2D eigenvalue weighted by Gasteiger charge is -2.56. The highest BCUT2D eigenvalue weighted by Gasteiger charge is 2.62. The van der Waals surface area contributed by atoms with E-state index in [9.17, 15) is 19.1 Å². The van der Waals surface area contributed by atoms with E-state index in [0.29, 0.717) is 24.7 Å². The molecule has 3 saturated carbocycles. The second kappa shape index (κ2) is 4.98. The Morgan fingerprint density at radius 1 is 1.17 bits per heavy atom. The largest absolute Gasteiger partial charge is 0.393 e. The van der Waals surface area contributed by atoms with Crippen molar-refractivity contribution < 1.29 is 19.1 Å². The molecule has 23 heavy (non-hydrogen) atoms. The Balaban J connectivity index is 1.76. The predicted octanol–water partition coefficient (Wildman–Crippen LogP) is 3.36. The number of rotatable bonds is 1. The van der Waals surface area contributed by atoms with E-state index in [1.54, 1.807) is 6.08 Å². The summed E-state index contributed by atoms with van der Waals surface area (Å²) in [6.07, 6.45) is 6.95. The Morgan fingerprint density at radius 3 is 2.70 bits per heavy atom. The minimum Gasteiger partial charge on any atom is -0.393 e.